The van der Waals surface area contributed by atoms with Crippen LogP contribution in [0.25, 0.3) is 0 Å². The first-order valence-corrected chi connectivity index (χ1v) is 6.46. The number of aliphatic hydroxyl groups excluding tert-OH is 1. The molecule has 0 aliphatic rings. The van der Waals surface area contributed by atoms with Crippen LogP contribution in [0.3, 0.4) is 0 Å². The number of hydrogen-bond donors (Lipinski definition) is 3. The Balaban J connectivity index is 2.14. The molecule has 3 nitrogen and oxygen atoms in total. The number of benzene rings is 2. The summed E-state index contributed by atoms with van der Waals surface area (Å²) in [4.78, 5) is 0. The van der Waals surface area contributed by atoms with Gasteiger partial charge in [0.1, 0.15) is 5.75 Å². The summed E-state index contributed by atoms with van der Waals surface area (Å²) in [7, 11) is 0. The standard InChI is InChI=1S/C14H13Cl2NO2/c15-11-5-10(14(19)13(16)6-11)7-17-12-3-1-2-9(4-12)8-18/h1-6,17-19H,7-8H2. The number of nitrogens with one attached hydrogen (secondary N) is 1. The highest BCUT2D eigenvalue weighted by Gasteiger charge is 2.07. The van der Waals surface area contributed by atoms with E-state index in [2.05, 4.69) is 5.32 Å². The van der Waals surface area contributed by atoms with E-state index in [9.17, 15) is 5.11 Å². The average molecular weight is 298 g/mol. The molecule has 0 aromatic heterocycles. The summed E-state index contributed by atoms with van der Waals surface area (Å²) in [6.45, 7) is 0.380. The van der Waals surface area contributed by atoms with Crippen LogP contribution in [0, 0.1) is 0 Å². The van der Waals surface area contributed by atoms with Crippen LogP contribution in [0.15, 0.2) is 36.4 Å². The van der Waals surface area contributed by atoms with Crippen LogP contribution in [0.5, 0.6) is 5.75 Å². The molecule has 0 saturated heterocycles. The fourth-order valence-electron chi connectivity index (χ4n) is 1.73. The maximum Gasteiger partial charge on any atom is 0.139 e. The van der Waals surface area contributed by atoms with Crippen molar-refractivity contribution in [3.05, 3.63) is 57.6 Å². The topological polar surface area (TPSA) is 52.5 Å². The molecule has 2 rings (SSSR count). The summed E-state index contributed by atoms with van der Waals surface area (Å²) in [6, 6.07) is 10.5. The molecule has 0 aliphatic carbocycles. The number of phenols is 1. The van der Waals surface area contributed by atoms with Crippen molar-refractivity contribution in [2.75, 3.05) is 5.32 Å². The minimum absolute atomic E-state index is 0.0102. The Kier molecular flexibility index (Phi) is 4.53. The smallest absolute Gasteiger partial charge is 0.139 e. The molecule has 5 heteroatoms. The summed E-state index contributed by atoms with van der Waals surface area (Å²) in [5.41, 5.74) is 2.28. The monoisotopic (exact) mass is 297 g/mol. The zero-order valence-electron chi connectivity index (χ0n) is 10.0. The second kappa shape index (κ2) is 6.15. The lowest BCUT2D eigenvalue weighted by Crippen LogP contribution is -2.00. The highest BCUT2D eigenvalue weighted by atomic mass is 35.5. The lowest BCUT2D eigenvalue weighted by molar-refractivity contribution is 0.282. The normalized spacial score (nSPS) is 10.5. The van der Waals surface area contributed by atoms with Crippen LogP contribution in [0.2, 0.25) is 10.0 Å². The molecule has 0 fully saturated rings. The Hall–Kier alpha value is -1.42. The van der Waals surface area contributed by atoms with Crippen LogP contribution in [0.4, 0.5) is 5.69 Å². The Morgan fingerprint density at radius 1 is 1.11 bits per heavy atom. The van der Waals surface area contributed by atoms with E-state index in [-0.39, 0.29) is 17.4 Å². The van der Waals surface area contributed by atoms with Gasteiger partial charge in [-0.15, -0.1) is 0 Å². The van der Waals surface area contributed by atoms with E-state index < -0.39 is 0 Å². The molecule has 0 atom stereocenters. The number of rotatable bonds is 4. The van der Waals surface area contributed by atoms with Crippen molar-refractivity contribution in [1.82, 2.24) is 0 Å². The lowest BCUT2D eigenvalue weighted by atomic mass is 10.1. The van der Waals surface area contributed by atoms with Crippen LogP contribution in [-0.4, -0.2) is 10.2 Å². The van der Waals surface area contributed by atoms with E-state index in [1.165, 1.54) is 6.07 Å². The predicted molar refractivity (Wildman–Crippen MR) is 77.8 cm³/mol. The number of phenolic OH excluding ortho intramolecular Hbond substituents is 1. The zero-order chi connectivity index (χ0) is 13.8. The van der Waals surface area contributed by atoms with Gasteiger partial charge in [-0.3, -0.25) is 0 Å². The Labute approximate surface area is 121 Å². The third kappa shape index (κ3) is 3.53. The van der Waals surface area contributed by atoms with Gasteiger partial charge in [0.2, 0.25) is 0 Å². The number of aromatic hydroxyl groups is 1. The molecule has 19 heavy (non-hydrogen) atoms. The highest BCUT2D eigenvalue weighted by Crippen LogP contribution is 2.31. The fraction of sp³-hybridized carbons (Fsp3) is 0.143. The number of aliphatic hydroxyl groups is 1. The van der Waals surface area contributed by atoms with Crippen molar-refractivity contribution in [3.8, 4) is 5.75 Å². The van der Waals surface area contributed by atoms with E-state index in [4.69, 9.17) is 28.3 Å². The summed E-state index contributed by atoms with van der Waals surface area (Å²) in [5, 5.41) is 22.7. The minimum Gasteiger partial charge on any atom is -0.506 e. The van der Waals surface area contributed by atoms with Crippen LogP contribution >= 0.6 is 23.2 Å². The quantitative estimate of drug-likeness (QED) is 0.804. The van der Waals surface area contributed by atoms with Gasteiger partial charge in [-0.25, -0.2) is 0 Å². The van der Waals surface area contributed by atoms with Crippen molar-refractivity contribution in [2.45, 2.75) is 13.2 Å². The molecular weight excluding hydrogens is 285 g/mol. The molecule has 0 saturated carbocycles. The highest BCUT2D eigenvalue weighted by molar-refractivity contribution is 6.35. The summed E-state index contributed by atoms with van der Waals surface area (Å²) < 4.78 is 0. The van der Waals surface area contributed by atoms with E-state index in [1.807, 2.05) is 24.3 Å². The van der Waals surface area contributed by atoms with Crippen LogP contribution < -0.4 is 5.32 Å². The van der Waals surface area contributed by atoms with Gasteiger partial charge in [0.05, 0.1) is 11.6 Å². The SMILES string of the molecule is OCc1cccc(NCc2cc(Cl)cc(Cl)c2O)c1. The number of anilines is 1. The molecule has 2 aromatic carbocycles. The van der Waals surface area contributed by atoms with Gasteiger partial charge in [0.15, 0.2) is 0 Å². The van der Waals surface area contributed by atoms with Crippen molar-refractivity contribution in [1.29, 1.82) is 0 Å². The first-order chi connectivity index (χ1) is 9.10. The molecule has 2 aromatic rings. The molecule has 0 amide bonds. The van der Waals surface area contributed by atoms with Crippen molar-refractivity contribution in [3.63, 3.8) is 0 Å². The molecular formula is C14H13Cl2NO2. The maximum absolute atomic E-state index is 9.83. The lowest BCUT2D eigenvalue weighted by Gasteiger charge is -2.10. The first kappa shape index (κ1) is 14.0. The Morgan fingerprint density at radius 3 is 2.63 bits per heavy atom. The van der Waals surface area contributed by atoms with Crippen LogP contribution in [0.1, 0.15) is 11.1 Å². The van der Waals surface area contributed by atoms with Crippen molar-refractivity contribution >= 4 is 28.9 Å². The average Bonchev–Trinajstić information content (AvgIpc) is 2.41. The molecule has 0 heterocycles. The number of halogens is 2. The maximum atomic E-state index is 9.83. The summed E-state index contributed by atoms with van der Waals surface area (Å²) in [6.07, 6.45) is 0. The molecule has 100 valence electrons. The van der Waals surface area contributed by atoms with E-state index in [0.29, 0.717) is 17.1 Å². The molecule has 0 spiro atoms. The molecule has 0 bridgehead atoms. The number of hydrogen-bond acceptors (Lipinski definition) is 3. The molecule has 3 N–H and O–H groups in total. The molecule has 0 aliphatic heterocycles. The largest absolute Gasteiger partial charge is 0.506 e. The minimum atomic E-state index is -0.0102. The van der Waals surface area contributed by atoms with E-state index in [1.54, 1.807) is 6.07 Å². The van der Waals surface area contributed by atoms with Gasteiger partial charge >= 0.3 is 0 Å². The zero-order valence-corrected chi connectivity index (χ0v) is 11.5. The second-order valence-corrected chi connectivity index (χ2v) is 4.95. The molecule has 0 unspecified atom stereocenters. The van der Waals surface area contributed by atoms with Crippen molar-refractivity contribution in [2.24, 2.45) is 0 Å². The third-order valence-corrected chi connectivity index (χ3v) is 3.21. The first-order valence-electron chi connectivity index (χ1n) is 5.70. The van der Waals surface area contributed by atoms with Gasteiger partial charge in [0.25, 0.3) is 0 Å². The van der Waals surface area contributed by atoms with Gasteiger partial charge in [0, 0.05) is 22.8 Å². The van der Waals surface area contributed by atoms with Gasteiger partial charge < -0.3 is 15.5 Å². The Morgan fingerprint density at radius 2 is 1.89 bits per heavy atom. The van der Waals surface area contributed by atoms with E-state index in [0.717, 1.165) is 11.3 Å². The van der Waals surface area contributed by atoms with Crippen LogP contribution in [-0.2, 0) is 13.2 Å². The third-order valence-electron chi connectivity index (χ3n) is 2.70. The van der Waals surface area contributed by atoms with E-state index >= 15 is 0 Å². The fourth-order valence-corrected chi connectivity index (χ4v) is 2.27. The summed E-state index contributed by atoms with van der Waals surface area (Å²) in [5.74, 6) is 0.0249. The van der Waals surface area contributed by atoms with Gasteiger partial charge in [-0.2, -0.15) is 0 Å². The summed E-state index contributed by atoms with van der Waals surface area (Å²) >= 11 is 11.7. The predicted octanol–water partition coefficient (Wildman–Crippen LogP) is 3.80. The second-order valence-electron chi connectivity index (χ2n) is 4.11. The Bertz CT molecular complexity index is 588. The van der Waals surface area contributed by atoms with Gasteiger partial charge in [-0.1, -0.05) is 35.3 Å². The van der Waals surface area contributed by atoms with Crippen molar-refractivity contribution < 1.29 is 10.2 Å². The van der Waals surface area contributed by atoms with Gasteiger partial charge in [-0.05, 0) is 29.8 Å². The molecule has 0 radical (unpaired) electrons.